The summed E-state index contributed by atoms with van der Waals surface area (Å²) in [6.45, 7) is 4.20. The van der Waals surface area contributed by atoms with Crippen LogP contribution in [0.5, 0.6) is 0 Å². The lowest BCUT2D eigenvalue weighted by Crippen LogP contribution is -2.31. The van der Waals surface area contributed by atoms with Gasteiger partial charge in [0.2, 0.25) is 11.8 Å². The highest BCUT2D eigenvalue weighted by Gasteiger charge is 2.28. The second-order valence-corrected chi connectivity index (χ2v) is 7.06. The van der Waals surface area contributed by atoms with Crippen LogP contribution in [0.25, 0.3) is 10.8 Å². The zero-order valence-corrected chi connectivity index (χ0v) is 13.8. The Morgan fingerprint density at radius 3 is 2.59 bits per heavy atom. The number of thiazole rings is 1. The van der Waals surface area contributed by atoms with Crippen molar-refractivity contribution in [2.75, 3.05) is 12.3 Å². The normalized spacial score (nSPS) is 15.1. The number of hydrogen-bond donors (Lipinski definition) is 0. The van der Waals surface area contributed by atoms with Crippen LogP contribution in [0.2, 0.25) is 0 Å². The average Bonchev–Trinajstić information content (AvgIpc) is 3.14. The molecule has 0 N–H and O–H groups in total. The molecule has 9 heteroatoms. The molecule has 0 atom stereocenters. The van der Waals surface area contributed by atoms with E-state index in [0.717, 1.165) is 15.6 Å². The Morgan fingerprint density at radius 2 is 1.95 bits per heavy atom. The van der Waals surface area contributed by atoms with Gasteiger partial charge in [-0.05, 0) is 13.8 Å². The number of likely N-dealkylation sites (tertiary alicyclic amines) is 1. The molecular weight excluding hydrogens is 324 g/mol. The summed E-state index contributed by atoms with van der Waals surface area (Å²) in [4.78, 5) is 29.5. The van der Waals surface area contributed by atoms with E-state index in [4.69, 9.17) is 4.42 Å². The van der Waals surface area contributed by atoms with Crippen molar-refractivity contribution >= 4 is 34.9 Å². The van der Waals surface area contributed by atoms with E-state index in [1.54, 1.807) is 0 Å². The average molecular weight is 338 g/mol. The second kappa shape index (κ2) is 6.17. The van der Waals surface area contributed by atoms with Crippen molar-refractivity contribution in [3.63, 3.8) is 0 Å². The first-order valence-corrected chi connectivity index (χ1v) is 8.58. The molecule has 0 saturated carbocycles. The number of aromatic nitrogens is 3. The number of aryl methyl sites for hydroxylation is 2. The fourth-order valence-corrected chi connectivity index (χ4v) is 3.71. The molecule has 0 spiro atoms. The molecule has 1 aliphatic rings. The Bertz CT molecular complexity index is 709. The van der Waals surface area contributed by atoms with Crippen molar-refractivity contribution in [2.45, 2.75) is 31.9 Å². The SMILES string of the molecule is Cc1nc(C)c(-c2nnc(SCCN3C(=O)CCC3=O)o2)s1. The lowest BCUT2D eigenvalue weighted by Gasteiger charge is -2.11. The molecule has 3 heterocycles. The number of nitrogens with zero attached hydrogens (tertiary/aromatic N) is 4. The van der Waals surface area contributed by atoms with Crippen LogP contribution in [0.4, 0.5) is 0 Å². The number of hydrogen-bond acceptors (Lipinski definition) is 8. The summed E-state index contributed by atoms with van der Waals surface area (Å²) in [6.07, 6.45) is 0.635. The molecule has 0 aromatic carbocycles. The fourth-order valence-electron chi connectivity index (χ4n) is 2.19. The monoisotopic (exact) mass is 338 g/mol. The summed E-state index contributed by atoms with van der Waals surface area (Å²) in [5, 5.41) is 9.39. The first-order chi connectivity index (χ1) is 10.5. The second-order valence-electron chi connectivity index (χ2n) is 4.81. The van der Waals surface area contributed by atoms with Gasteiger partial charge in [0, 0.05) is 25.1 Å². The van der Waals surface area contributed by atoms with Gasteiger partial charge in [-0.25, -0.2) is 4.98 Å². The molecule has 0 unspecified atom stereocenters. The molecule has 2 aromatic rings. The molecule has 2 amide bonds. The number of carbonyl (C=O) groups excluding carboxylic acids is 2. The minimum Gasteiger partial charge on any atom is -0.410 e. The van der Waals surface area contributed by atoms with Crippen molar-refractivity contribution < 1.29 is 14.0 Å². The number of amides is 2. The quantitative estimate of drug-likeness (QED) is 0.609. The maximum absolute atomic E-state index is 11.5. The van der Waals surface area contributed by atoms with Gasteiger partial charge in [0.1, 0.15) is 4.88 Å². The highest BCUT2D eigenvalue weighted by Crippen LogP contribution is 2.30. The highest BCUT2D eigenvalue weighted by atomic mass is 32.2. The Hall–Kier alpha value is -1.74. The maximum atomic E-state index is 11.5. The number of thioether (sulfide) groups is 1. The van der Waals surface area contributed by atoms with E-state index >= 15 is 0 Å². The summed E-state index contributed by atoms with van der Waals surface area (Å²) in [7, 11) is 0. The van der Waals surface area contributed by atoms with E-state index in [-0.39, 0.29) is 11.8 Å². The molecule has 1 fully saturated rings. The smallest absolute Gasteiger partial charge is 0.276 e. The predicted octanol–water partition coefficient (Wildman–Crippen LogP) is 2.05. The minimum absolute atomic E-state index is 0.104. The van der Waals surface area contributed by atoms with Gasteiger partial charge < -0.3 is 4.42 Å². The van der Waals surface area contributed by atoms with E-state index in [1.807, 2.05) is 13.8 Å². The first kappa shape index (κ1) is 15.2. The number of carbonyl (C=O) groups is 2. The molecule has 1 saturated heterocycles. The van der Waals surface area contributed by atoms with Crippen molar-refractivity contribution in [2.24, 2.45) is 0 Å². The standard InChI is InChI=1S/C13H14N4O3S2/c1-7-11(22-8(2)14-7)12-15-16-13(20-12)21-6-5-17-9(18)3-4-10(17)19/h3-6H2,1-2H3. The van der Waals surface area contributed by atoms with Crippen LogP contribution in [-0.4, -0.2) is 44.2 Å². The molecule has 22 heavy (non-hydrogen) atoms. The van der Waals surface area contributed by atoms with Crippen LogP contribution in [0.15, 0.2) is 9.64 Å². The van der Waals surface area contributed by atoms with Gasteiger partial charge in [-0.15, -0.1) is 21.5 Å². The Morgan fingerprint density at radius 1 is 1.23 bits per heavy atom. The van der Waals surface area contributed by atoms with Gasteiger partial charge in [0.15, 0.2) is 0 Å². The van der Waals surface area contributed by atoms with E-state index < -0.39 is 0 Å². The van der Waals surface area contributed by atoms with Crippen LogP contribution in [0.3, 0.4) is 0 Å². The molecular formula is C13H14N4O3S2. The van der Waals surface area contributed by atoms with Gasteiger partial charge in [0.25, 0.3) is 11.1 Å². The molecule has 0 bridgehead atoms. The Labute approximate surface area is 135 Å². The first-order valence-electron chi connectivity index (χ1n) is 6.78. The molecule has 1 aliphatic heterocycles. The van der Waals surface area contributed by atoms with Crippen molar-refractivity contribution in [1.82, 2.24) is 20.1 Å². The number of imide groups is 1. The van der Waals surface area contributed by atoms with Gasteiger partial charge in [-0.1, -0.05) is 11.8 Å². The highest BCUT2D eigenvalue weighted by molar-refractivity contribution is 7.99. The topological polar surface area (TPSA) is 89.2 Å². The van der Waals surface area contributed by atoms with Crippen LogP contribution in [0.1, 0.15) is 23.5 Å². The summed E-state index contributed by atoms with van der Waals surface area (Å²) in [6, 6.07) is 0. The number of rotatable bonds is 5. The Balaban J connectivity index is 1.59. The predicted molar refractivity (Wildman–Crippen MR) is 81.6 cm³/mol. The summed E-state index contributed by atoms with van der Waals surface area (Å²) < 4.78 is 5.61. The Kier molecular flexibility index (Phi) is 4.25. The van der Waals surface area contributed by atoms with Crippen LogP contribution < -0.4 is 0 Å². The third-order valence-corrected chi connectivity index (χ3v) is 5.06. The lowest BCUT2D eigenvalue weighted by molar-refractivity contribution is -0.137. The van der Waals surface area contributed by atoms with Crippen molar-refractivity contribution in [1.29, 1.82) is 0 Å². The maximum Gasteiger partial charge on any atom is 0.276 e. The van der Waals surface area contributed by atoms with Gasteiger partial charge in [-0.3, -0.25) is 14.5 Å². The molecule has 0 radical (unpaired) electrons. The fraction of sp³-hybridized carbons (Fsp3) is 0.462. The third kappa shape index (κ3) is 3.05. The zero-order chi connectivity index (χ0) is 15.7. The van der Waals surface area contributed by atoms with E-state index in [1.165, 1.54) is 28.0 Å². The van der Waals surface area contributed by atoms with Crippen LogP contribution in [0, 0.1) is 13.8 Å². The van der Waals surface area contributed by atoms with Gasteiger partial charge in [0.05, 0.1) is 10.7 Å². The van der Waals surface area contributed by atoms with Gasteiger partial charge in [-0.2, -0.15) is 0 Å². The molecule has 116 valence electrons. The van der Waals surface area contributed by atoms with E-state index in [9.17, 15) is 9.59 Å². The van der Waals surface area contributed by atoms with Gasteiger partial charge >= 0.3 is 0 Å². The lowest BCUT2D eigenvalue weighted by atomic mass is 10.4. The van der Waals surface area contributed by atoms with E-state index in [2.05, 4.69) is 15.2 Å². The third-order valence-electron chi connectivity index (χ3n) is 3.20. The zero-order valence-electron chi connectivity index (χ0n) is 12.2. The van der Waals surface area contributed by atoms with Crippen molar-refractivity contribution in [3.8, 4) is 10.8 Å². The van der Waals surface area contributed by atoms with Crippen LogP contribution in [-0.2, 0) is 9.59 Å². The minimum atomic E-state index is -0.104. The molecule has 2 aromatic heterocycles. The molecule has 7 nitrogen and oxygen atoms in total. The summed E-state index contributed by atoms with van der Waals surface area (Å²) in [5.41, 5.74) is 0.871. The summed E-state index contributed by atoms with van der Waals surface area (Å²) in [5.74, 6) is 0.791. The van der Waals surface area contributed by atoms with Crippen LogP contribution >= 0.6 is 23.1 Å². The van der Waals surface area contributed by atoms with E-state index in [0.29, 0.717) is 36.3 Å². The largest absolute Gasteiger partial charge is 0.410 e. The molecule has 3 rings (SSSR count). The van der Waals surface area contributed by atoms with Crippen molar-refractivity contribution in [3.05, 3.63) is 10.7 Å². The molecule has 0 aliphatic carbocycles. The summed E-state index contributed by atoms with van der Waals surface area (Å²) >= 11 is 2.85.